The van der Waals surface area contributed by atoms with Crippen LogP contribution in [0.1, 0.15) is 96.9 Å². The molecule has 1 saturated heterocycles. The number of nitrogens with zero attached hydrogens (tertiary/aromatic N) is 2. The molecule has 49 heavy (non-hydrogen) atoms. The molecule has 1 amide bonds. The molecule has 0 saturated carbocycles. The van der Waals surface area contributed by atoms with E-state index in [9.17, 15) is 28.6 Å². The predicted octanol–water partition coefficient (Wildman–Crippen LogP) is 7.33. The van der Waals surface area contributed by atoms with Gasteiger partial charge in [-0.25, -0.2) is 9.59 Å². The third-order valence-electron chi connectivity index (χ3n) is 8.97. The van der Waals surface area contributed by atoms with Crippen molar-refractivity contribution >= 4 is 11.9 Å². The van der Waals surface area contributed by atoms with Crippen molar-refractivity contribution in [1.29, 1.82) is 0 Å². The number of anilines is 1. The standard InChI is InChI=1S/C37H49F2N3O7/c1-23(2)10-7-11-24(3)12-8-13-25(4)14-9-17-36(6)18-15-27-21-28(20-26(5)31(27)49-36)47-35(46)41-30-16-19-42(34(45)40-30)33-37(38,39)32(44)29(22-43)48-33/h10,12,14,16,19-21,29,32-33,43-44H,7-9,11,13,15,17-18,22H2,1-6H3,(H,40,41,45,46)/b24-12+,25-14+/t29?,32-,33?,36-/m1/s1. The molecule has 1 aromatic heterocycles. The summed E-state index contributed by atoms with van der Waals surface area (Å²) in [5, 5.41) is 21.2. The van der Waals surface area contributed by atoms with Crippen LogP contribution in [-0.2, 0) is 11.2 Å². The minimum atomic E-state index is -3.85. The van der Waals surface area contributed by atoms with E-state index in [0.29, 0.717) is 4.57 Å². The number of carbonyl (C=O) groups excluding carboxylic acids is 1. The van der Waals surface area contributed by atoms with E-state index in [1.54, 1.807) is 12.1 Å². The molecule has 1 aromatic carbocycles. The van der Waals surface area contributed by atoms with Crippen LogP contribution in [0.2, 0.25) is 0 Å². The van der Waals surface area contributed by atoms with E-state index in [1.807, 2.05) is 6.92 Å². The highest BCUT2D eigenvalue weighted by Gasteiger charge is 2.59. The number of aliphatic hydroxyl groups excluding tert-OH is 2. The van der Waals surface area contributed by atoms with Gasteiger partial charge in [-0.1, -0.05) is 34.9 Å². The average Bonchev–Trinajstić information content (AvgIpc) is 3.25. The fraction of sp³-hybridized carbons (Fsp3) is 0.541. The molecule has 10 nitrogen and oxygen atoms in total. The number of aromatic nitrogens is 2. The lowest BCUT2D eigenvalue weighted by Gasteiger charge is -2.37. The van der Waals surface area contributed by atoms with Crippen LogP contribution in [0.3, 0.4) is 0 Å². The Hall–Kier alpha value is -3.87. The van der Waals surface area contributed by atoms with E-state index in [0.717, 1.165) is 80.5 Å². The Balaban J connectivity index is 1.29. The van der Waals surface area contributed by atoms with Gasteiger partial charge in [0.25, 0.3) is 0 Å². The van der Waals surface area contributed by atoms with Gasteiger partial charge in [-0.2, -0.15) is 13.8 Å². The van der Waals surface area contributed by atoms with Crippen LogP contribution in [-0.4, -0.2) is 56.2 Å². The van der Waals surface area contributed by atoms with Crippen molar-refractivity contribution < 1.29 is 38.0 Å². The number of benzene rings is 1. The molecule has 268 valence electrons. The van der Waals surface area contributed by atoms with Crippen molar-refractivity contribution in [2.45, 2.75) is 123 Å². The van der Waals surface area contributed by atoms with Crippen LogP contribution in [0.4, 0.5) is 19.4 Å². The molecule has 0 aliphatic carbocycles. The first-order valence-electron chi connectivity index (χ1n) is 16.8. The second-order valence-corrected chi connectivity index (χ2v) is 13.6. The molecule has 0 spiro atoms. The Labute approximate surface area is 286 Å². The number of aliphatic hydroxyl groups is 2. The number of ether oxygens (including phenoxy) is 3. The molecule has 4 atom stereocenters. The van der Waals surface area contributed by atoms with E-state index in [-0.39, 0.29) is 17.2 Å². The second kappa shape index (κ2) is 16.2. The van der Waals surface area contributed by atoms with Gasteiger partial charge in [0.05, 0.1) is 6.61 Å². The Bertz CT molecular complexity index is 1650. The molecule has 2 aromatic rings. The van der Waals surface area contributed by atoms with E-state index in [1.165, 1.54) is 16.7 Å². The molecular formula is C37H49F2N3O7. The lowest BCUT2D eigenvalue weighted by atomic mass is 9.87. The number of fused-ring (bicyclic) bond motifs is 1. The molecule has 0 radical (unpaired) electrons. The van der Waals surface area contributed by atoms with Gasteiger partial charge in [-0.05, 0) is 122 Å². The first kappa shape index (κ1) is 37.9. The lowest BCUT2D eigenvalue weighted by molar-refractivity contribution is -0.140. The molecule has 12 heteroatoms. The summed E-state index contributed by atoms with van der Waals surface area (Å²) in [5.41, 5.74) is 4.42. The quantitative estimate of drug-likeness (QED) is 0.187. The fourth-order valence-electron chi connectivity index (χ4n) is 6.05. The van der Waals surface area contributed by atoms with Crippen molar-refractivity contribution in [3.05, 3.63) is 81.0 Å². The van der Waals surface area contributed by atoms with Gasteiger partial charge in [0, 0.05) is 6.20 Å². The number of rotatable bonds is 13. The summed E-state index contributed by atoms with van der Waals surface area (Å²) >= 11 is 0. The van der Waals surface area contributed by atoms with E-state index >= 15 is 0 Å². The van der Waals surface area contributed by atoms with Crippen molar-refractivity contribution in [2.24, 2.45) is 0 Å². The van der Waals surface area contributed by atoms with Crippen LogP contribution in [0.5, 0.6) is 11.5 Å². The molecule has 4 rings (SSSR count). The Morgan fingerprint density at radius 1 is 1.12 bits per heavy atom. The van der Waals surface area contributed by atoms with Crippen molar-refractivity contribution in [3.8, 4) is 11.5 Å². The van der Waals surface area contributed by atoms with Crippen LogP contribution in [0.15, 0.2) is 64.1 Å². The van der Waals surface area contributed by atoms with Gasteiger partial charge >= 0.3 is 17.7 Å². The summed E-state index contributed by atoms with van der Waals surface area (Å²) in [6, 6.07) is 4.56. The van der Waals surface area contributed by atoms with Gasteiger partial charge in [0.15, 0.2) is 6.10 Å². The summed E-state index contributed by atoms with van der Waals surface area (Å²) in [6.07, 6.45) is 8.53. The number of halogens is 2. The highest BCUT2D eigenvalue weighted by molar-refractivity contribution is 5.85. The normalized spacial score (nSPS) is 23.4. The van der Waals surface area contributed by atoms with Crippen LogP contribution in [0.25, 0.3) is 0 Å². The van der Waals surface area contributed by atoms with Crippen molar-refractivity contribution in [1.82, 2.24) is 9.55 Å². The maximum absolute atomic E-state index is 14.5. The number of hydrogen-bond donors (Lipinski definition) is 3. The number of nitrogens with one attached hydrogen (secondary N) is 1. The zero-order chi connectivity index (χ0) is 35.9. The Kier molecular flexibility index (Phi) is 12.6. The molecule has 0 bridgehead atoms. The minimum absolute atomic E-state index is 0.230. The minimum Gasteiger partial charge on any atom is -0.487 e. The van der Waals surface area contributed by atoms with E-state index in [4.69, 9.17) is 14.2 Å². The first-order chi connectivity index (χ1) is 23.1. The largest absolute Gasteiger partial charge is 0.487 e. The van der Waals surface area contributed by atoms with Gasteiger partial charge < -0.3 is 24.4 Å². The van der Waals surface area contributed by atoms with Crippen molar-refractivity contribution in [2.75, 3.05) is 11.9 Å². The number of carbonyl (C=O) groups is 1. The molecule has 1 fully saturated rings. The summed E-state index contributed by atoms with van der Waals surface area (Å²) < 4.78 is 46.4. The van der Waals surface area contributed by atoms with Crippen LogP contribution in [0, 0.1) is 6.92 Å². The SMILES string of the molecule is CC(C)=CCC/C(C)=C/CC/C(C)=C/CC[C@]1(C)CCc2cc(OC(=O)Nc3ccn(C4OC(CO)[C@@H](O)C4(F)F)c(=O)n3)cc(C)c2O1. The highest BCUT2D eigenvalue weighted by atomic mass is 19.3. The van der Waals surface area contributed by atoms with Gasteiger partial charge in [0.1, 0.15) is 29.0 Å². The number of allylic oxidation sites excluding steroid dienone is 6. The summed E-state index contributed by atoms with van der Waals surface area (Å²) in [7, 11) is 0. The number of aryl methyl sites for hydroxylation is 2. The predicted molar refractivity (Wildman–Crippen MR) is 183 cm³/mol. The zero-order valence-corrected chi connectivity index (χ0v) is 29.2. The number of alkyl halides is 2. The van der Waals surface area contributed by atoms with Crippen LogP contribution < -0.4 is 20.5 Å². The topological polar surface area (TPSA) is 132 Å². The number of amides is 1. The zero-order valence-electron chi connectivity index (χ0n) is 29.2. The van der Waals surface area contributed by atoms with Gasteiger partial charge in [-0.3, -0.25) is 9.88 Å². The summed E-state index contributed by atoms with van der Waals surface area (Å²) in [4.78, 5) is 28.8. The van der Waals surface area contributed by atoms with Crippen LogP contribution >= 0.6 is 0 Å². The molecule has 2 aliphatic rings. The first-order valence-corrected chi connectivity index (χ1v) is 16.8. The third-order valence-corrected chi connectivity index (χ3v) is 8.97. The second-order valence-electron chi connectivity index (χ2n) is 13.6. The monoisotopic (exact) mass is 685 g/mol. The van der Waals surface area contributed by atoms with E-state index in [2.05, 4.69) is 63.1 Å². The fourth-order valence-corrected chi connectivity index (χ4v) is 6.05. The highest BCUT2D eigenvalue weighted by Crippen LogP contribution is 2.42. The van der Waals surface area contributed by atoms with E-state index < -0.39 is 42.7 Å². The molecule has 3 N–H and O–H groups in total. The summed E-state index contributed by atoms with van der Waals surface area (Å²) in [5.74, 6) is -3.03. The van der Waals surface area contributed by atoms with Crippen molar-refractivity contribution in [3.63, 3.8) is 0 Å². The maximum Gasteiger partial charge on any atom is 0.418 e. The maximum atomic E-state index is 14.5. The lowest BCUT2D eigenvalue weighted by Crippen LogP contribution is -2.41. The summed E-state index contributed by atoms with van der Waals surface area (Å²) in [6.45, 7) is 11.8. The smallest absolute Gasteiger partial charge is 0.418 e. The molecule has 3 heterocycles. The van der Waals surface area contributed by atoms with Gasteiger partial charge in [0.2, 0.25) is 6.23 Å². The Morgan fingerprint density at radius 2 is 1.80 bits per heavy atom. The third kappa shape index (κ3) is 9.86. The number of hydrogen-bond acceptors (Lipinski definition) is 8. The average molecular weight is 686 g/mol. The molecule has 2 aliphatic heterocycles. The van der Waals surface area contributed by atoms with Gasteiger partial charge in [-0.15, -0.1) is 0 Å². The molecule has 2 unspecified atom stereocenters. The Morgan fingerprint density at radius 3 is 2.43 bits per heavy atom. The molecular weight excluding hydrogens is 636 g/mol.